The third-order valence-corrected chi connectivity index (χ3v) is 5.16. The van der Waals surface area contributed by atoms with Gasteiger partial charge in [-0.1, -0.05) is 19.9 Å². The van der Waals surface area contributed by atoms with Crippen LogP contribution in [0.5, 0.6) is 0 Å². The molecule has 1 N–H and O–H groups in total. The zero-order valence-corrected chi connectivity index (χ0v) is 16.6. The third-order valence-electron chi connectivity index (χ3n) is 3.98. The summed E-state index contributed by atoms with van der Waals surface area (Å²) >= 11 is 1.50. The van der Waals surface area contributed by atoms with E-state index in [1.807, 2.05) is 25.3 Å². The van der Waals surface area contributed by atoms with Crippen molar-refractivity contribution in [2.45, 2.75) is 47.6 Å². The van der Waals surface area contributed by atoms with Gasteiger partial charge in [0.2, 0.25) is 0 Å². The maximum Gasteiger partial charge on any atom is 0.263 e. The smallest absolute Gasteiger partial charge is 0.263 e. The third kappa shape index (κ3) is 5.26. The molecule has 2 aromatic rings. The molecule has 0 radical (unpaired) electrons. The van der Waals surface area contributed by atoms with Crippen molar-refractivity contribution in [1.29, 1.82) is 0 Å². The van der Waals surface area contributed by atoms with Gasteiger partial charge in [-0.05, 0) is 38.3 Å². The topological polar surface area (TPSA) is 58.1 Å². The highest BCUT2D eigenvalue weighted by Crippen LogP contribution is 2.21. The van der Waals surface area contributed by atoms with Crippen molar-refractivity contribution in [3.63, 3.8) is 0 Å². The van der Waals surface area contributed by atoms with Gasteiger partial charge in [-0.2, -0.15) is 0 Å². The van der Waals surface area contributed by atoms with Gasteiger partial charge in [-0.15, -0.1) is 11.3 Å². The van der Waals surface area contributed by atoms with Crippen LogP contribution in [0.3, 0.4) is 0 Å². The summed E-state index contributed by atoms with van der Waals surface area (Å²) in [4.78, 5) is 24.3. The minimum Gasteiger partial charge on any atom is -0.357 e. The zero-order valence-electron chi connectivity index (χ0n) is 15.8. The lowest BCUT2D eigenvalue weighted by Gasteiger charge is -2.19. The molecule has 0 atom stereocenters. The number of aromatic nitrogens is 2. The first kappa shape index (κ1) is 19.4. The summed E-state index contributed by atoms with van der Waals surface area (Å²) in [6.07, 6.45) is 2.74. The molecule has 136 valence electrons. The molecular formula is C19H28N4OS. The monoisotopic (exact) mass is 360 g/mol. The van der Waals surface area contributed by atoms with E-state index in [1.165, 1.54) is 11.3 Å². The molecule has 25 heavy (non-hydrogen) atoms. The largest absolute Gasteiger partial charge is 0.357 e. The minimum absolute atomic E-state index is 0.0576. The summed E-state index contributed by atoms with van der Waals surface area (Å²) < 4.78 is 0. The number of nitrogens with zero attached hydrogens (tertiary/aromatic N) is 3. The van der Waals surface area contributed by atoms with E-state index in [2.05, 4.69) is 47.9 Å². The predicted molar refractivity (Wildman–Crippen MR) is 104 cm³/mol. The number of anilines is 1. The van der Waals surface area contributed by atoms with E-state index < -0.39 is 0 Å². The second-order valence-corrected chi connectivity index (χ2v) is 7.58. The van der Waals surface area contributed by atoms with Crippen molar-refractivity contribution < 1.29 is 4.79 Å². The van der Waals surface area contributed by atoms with E-state index in [0.717, 1.165) is 41.6 Å². The van der Waals surface area contributed by atoms with Crippen molar-refractivity contribution >= 4 is 23.1 Å². The van der Waals surface area contributed by atoms with Crippen molar-refractivity contribution in [2.24, 2.45) is 5.92 Å². The highest BCUT2D eigenvalue weighted by molar-refractivity contribution is 7.13. The normalized spacial score (nSPS) is 11.0. The fraction of sp³-hybridized carbons (Fsp3) is 0.526. The molecule has 0 fully saturated rings. The van der Waals surface area contributed by atoms with Gasteiger partial charge in [0.05, 0.1) is 10.7 Å². The quantitative estimate of drug-likeness (QED) is 0.777. The average molecular weight is 361 g/mol. The lowest BCUT2D eigenvalue weighted by molar-refractivity contribution is 0.0954. The van der Waals surface area contributed by atoms with E-state index in [0.29, 0.717) is 17.3 Å². The van der Waals surface area contributed by atoms with Gasteiger partial charge in [0.15, 0.2) is 0 Å². The highest BCUT2D eigenvalue weighted by atomic mass is 32.1. The Kier molecular flexibility index (Phi) is 6.93. The van der Waals surface area contributed by atoms with Crippen LogP contribution in [0.4, 0.5) is 5.82 Å². The van der Waals surface area contributed by atoms with Crippen LogP contribution in [0.1, 0.15) is 53.6 Å². The predicted octanol–water partition coefficient (Wildman–Crippen LogP) is 3.82. The van der Waals surface area contributed by atoms with Crippen LogP contribution < -0.4 is 10.2 Å². The number of carbonyl (C=O) groups excluding carboxylic acids is 1. The average Bonchev–Trinajstić information content (AvgIpc) is 2.94. The van der Waals surface area contributed by atoms with Crippen LogP contribution in [0.25, 0.3) is 0 Å². The molecule has 0 saturated carbocycles. The molecule has 6 heteroatoms. The van der Waals surface area contributed by atoms with Crippen LogP contribution in [0, 0.1) is 12.8 Å². The van der Waals surface area contributed by atoms with E-state index in [1.54, 1.807) is 0 Å². The standard InChI is InChI=1S/C19H28N4OS/c1-6-23(7-2)16-9-8-15(11-20-16)12-21-19(24)18-14(5)22-17(25-18)10-13(3)4/h8-9,11,13H,6-7,10,12H2,1-5H3,(H,21,24). The maximum absolute atomic E-state index is 12.4. The summed E-state index contributed by atoms with van der Waals surface area (Å²) in [5.41, 5.74) is 1.81. The van der Waals surface area contributed by atoms with Gasteiger partial charge in [-0.3, -0.25) is 4.79 Å². The molecule has 0 spiro atoms. The number of pyridine rings is 1. The molecule has 0 aliphatic heterocycles. The van der Waals surface area contributed by atoms with Gasteiger partial charge < -0.3 is 10.2 Å². The Balaban J connectivity index is 1.97. The summed E-state index contributed by atoms with van der Waals surface area (Å²) in [5.74, 6) is 1.45. The lowest BCUT2D eigenvalue weighted by atomic mass is 10.1. The van der Waals surface area contributed by atoms with Gasteiger partial charge in [-0.25, -0.2) is 9.97 Å². The molecule has 0 unspecified atom stereocenters. The first-order valence-corrected chi connectivity index (χ1v) is 9.70. The number of thiazole rings is 1. The molecule has 2 heterocycles. The van der Waals surface area contributed by atoms with Crippen molar-refractivity contribution in [1.82, 2.24) is 15.3 Å². The number of hydrogen-bond donors (Lipinski definition) is 1. The van der Waals surface area contributed by atoms with Crippen LogP contribution in [0.15, 0.2) is 18.3 Å². The fourth-order valence-corrected chi connectivity index (χ4v) is 3.81. The molecular weight excluding hydrogens is 332 g/mol. The Labute approximate surface area is 154 Å². The number of amides is 1. The Bertz CT molecular complexity index is 690. The summed E-state index contributed by atoms with van der Waals surface area (Å²) in [6, 6.07) is 4.03. The van der Waals surface area contributed by atoms with E-state index in [4.69, 9.17) is 0 Å². The number of carbonyl (C=O) groups is 1. The number of rotatable bonds is 8. The molecule has 5 nitrogen and oxygen atoms in total. The van der Waals surface area contributed by atoms with Crippen molar-refractivity contribution in [3.05, 3.63) is 39.5 Å². The Hall–Kier alpha value is -1.95. The molecule has 0 aliphatic carbocycles. The SMILES string of the molecule is CCN(CC)c1ccc(CNC(=O)c2sc(CC(C)C)nc2C)cn1. The van der Waals surface area contributed by atoms with Gasteiger partial charge in [0, 0.05) is 32.3 Å². The Morgan fingerprint density at radius 1 is 1.28 bits per heavy atom. The van der Waals surface area contributed by atoms with E-state index in [-0.39, 0.29) is 5.91 Å². The first-order chi connectivity index (χ1) is 11.9. The molecule has 2 aromatic heterocycles. The van der Waals surface area contributed by atoms with Crippen LogP contribution >= 0.6 is 11.3 Å². The lowest BCUT2D eigenvalue weighted by Crippen LogP contribution is -2.24. The highest BCUT2D eigenvalue weighted by Gasteiger charge is 2.15. The molecule has 0 aliphatic rings. The maximum atomic E-state index is 12.4. The first-order valence-electron chi connectivity index (χ1n) is 8.88. The molecule has 2 rings (SSSR count). The van der Waals surface area contributed by atoms with Crippen LogP contribution in [0.2, 0.25) is 0 Å². The summed E-state index contributed by atoms with van der Waals surface area (Å²) in [5, 5.41) is 4.01. The van der Waals surface area contributed by atoms with Crippen molar-refractivity contribution in [2.75, 3.05) is 18.0 Å². The zero-order chi connectivity index (χ0) is 18.4. The summed E-state index contributed by atoms with van der Waals surface area (Å²) in [7, 11) is 0. The molecule has 0 bridgehead atoms. The fourth-order valence-electron chi connectivity index (χ4n) is 2.62. The Morgan fingerprint density at radius 3 is 2.56 bits per heavy atom. The number of hydrogen-bond acceptors (Lipinski definition) is 5. The number of nitrogens with one attached hydrogen (secondary N) is 1. The van der Waals surface area contributed by atoms with Crippen molar-refractivity contribution in [3.8, 4) is 0 Å². The Morgan fingerprint density at radius 2 is 2.00 bits per heavy atom. The van der Waals surface area contributed by atoms with Gasteiger partial charge in [0.25, 0.3) is 5.91 Å². The van der Waals surface area contributed by atoms with E-state index in [9.17, 15) is 4.79 Å². The van der Waals surface area contributed by atoms with Crippen LogP contribution in [-0.4, -0.2) is 29.0 Å². The minimum atomic E-state index is -0.0576. The van der Waals surface area contributed by atoms with Gasteiger partial charge in [0.1, 0.15) is 10.7 Å². The molecule has 1 amide bonds. The van der Waals surface area contributed by atoms with Crippen LogP contribution in [-0.2, 0) is 13.0 Å². The second kappa shape index (κ2) is 8.94. The van der Waals surface area contributed by atoms with Gasteiger partial charge >= 0.3 is 0 Å². The molecule has 0 saturated heterocycles. The molecule has 0 aromatic carbocycles. The second-order valence-electron chi connectivity index (χ2n) is 6.50. The summed E-state index contributed by atoms with van der Waals surface area (Å²) in [6.45, 7) is 12.8. The van der Waals surface area contributed by atoms with E-state index >= 15 is 0 Å². The number of aryl methyl sites for hydroxylation is 1.